The standard InChI is InChI=1S/C19H28O5/c1-13(2)17(21)24-18(8-5-4-6-9-18)16-11-15-7-10-19(16,23-15)12-22-14(3)20/h15-16H,1,4-12H2,2-3H3. The molecule has 0 radical (unpaired) electrons. The highest BCUT2D eigenvalue weighted by molar-refractivity contribution is 5.87. The highest BCUT2D eigenvalue weighted by Gasteiger charge is 2.62. The summed E-state index contributed by atoms with van der Waals surface area (Å²) in [6, 6.07) is 0. The van der Waals surface area contributed by atoms with Crippen LogP contribution in [-0.4, -0.2) is 35.9 Å². The zero-order valence-electron chi connectivity index (χ0n) is 14.8. The lowest BCUT2D eigenvalue weighted by Crippen LogP contribution is -2.55. The highest BCUT2D eigenvalue weighted by atomic mass is 16.6. The average molecular weight is 336 g/mol. The van der Waals surface area contributed by atoms with E-state index in [1.807, 2.05) is 0 Å². The number of hydrogen-bond donors (Lipinski definition) is 0. The van der Waals surface area contributed by atoms with Gasteiger partial charge in [0.15, 0.2) is 0 Å². The predicted octanol–water partition coefficient (Wildman–Crippen LogP) is 3.31. The Morgan fingerprint density at radius 3 is 2.46 bits per heavy atom. The second-order valence-corrected chi connectivity index (χ2v) is 7.71. The molecule has 1 aliphatic carbocycles. The lowest BCUT2D eigenvalue weighted by Gasteiger charge is -2.47. The Bertz CT molecular complexity index is 534. The van der Waals surface area contributed by atoms with Gasteiger partial charge in [0.2, 0.25) is 0 Å². The SMILES string of the molecule is C=C(C)C(=O)OC1(C2CC3CCC2(COC(C)=O)O3)CCCCC1. The third kappa shape index (κ3) is 3.10. The maximum absolute atomic E-state index is 12.3. The van der Waals surface area contributed by atoms with Crippen LogP contribution in [0.3, 0.4) is 0 Å². The van der Waals surface area contributed by atoms with Crippen molar-refractivity contribution in [2.45, 2.75) is 82.5 Å². The van der Waals surface area contributed by atoms with Gasteiger partial charge in [-0.3, -0.25) is 4.79 Å². The number of hydrogen-bond acceptors (Lipinski definition) is 5. The lowest BCUT2D eigenvalue weighted by atomic mass is 9.64. The summed E-state index contributed by atoms with van der Waals surface area (Å²) < 4.78 is 17.6. The zero-order valence-corrected chi connectivity index (χ0v) is 14.8. The van der Waals surface area contributed by atoms with Gasteiger partial charge in [-0.15, -0.1) is 0 Å². The molecule has 3 aliphatic rings. The summed E-state index contributed by atoms with van der Waals surface area (Å²) in [6.07, 6.45) is 7.90. The first-order valence-corrected chi connectivity index (χ1v) is 9.07. The number of carbonyl (C=O) groups excluding carboxylic acids is 2. The average Bonchev–Trinajstić information content (AvgIpc) is 3.12. The number of carbonyl (C=O) groups is 2. The molecule has 2 heterocycles. The molecular weight excluding hydrogens is 308 g/mol. The Hall–Kier alpha value is -1.36. The van der Waals surface area contributed by atoms with Crippen LogP contribution in [0.25, 0.3) is 0 Å². The third-order valence-electron chi connectivity index (χ3n) is 5.92. The second-order valence-electron chi connectivity index (χ2n) is 7.71. The van der Waals surface area contributed by atoms with Crippen LogP contribution in [0.1, 0.15) is 65.2 Å². The fourth-order valence-corrected chi connectivity index (χ4v) is 4.82. The summed E-state index contributed by atoms with van der Waals surface area (Å²) in [5.41, 5.74) is -0.579. The maximum Gasteiger partial charge on any atom is 0.333 e. The smallest absolute Gasteiger partial charge is 0.333 e. The first-order valence-electron chi connectivity index (χ1n) is 9.07. The number of rotatable bonds is 5. The van der Waals surface area contributed by atoms with Gasteiger partial charge in [-0.2, -0.15) is 0 Å². The molecule has 0 spiro atoms. The van der Waals surface area contributed by atoms with E-state index in [4.69, 9.17) is 14.2 Å². The van der Waals surface area contributed by atoms with Gasteiger partial charge in [-0.1, -0.05) is 13.0 Å². The molecule has 1 saturated carbocycles. The van der Waals surface area contributed by atoms with Crippen LogP contribution < -0.4 is 0 Å². The van der Waals surface area contributed by atoms with Crippen molar-refractivity contribution >= 4 is 11.9 Å². The second kappa shape index (κ2) is 6.51. The Morgan fingerprint density at radius 2 is 1.88 bits per heavy atom. The Labute approximate surface area is 143 Å². The van der Waals surface area contributed by atoms with Crippen molar-refractivity contribution in [2.24, 2.45) is 5.92 Å². The van der Waals surface area contributed by atoms with Crippen LogP contribution in [0.5, 0.6) is 0 Å². The van der Waals surface area contributed by atoms with Crippen LogP contribution >= 0.6 is 0 Å². The van der Waals surface area contributed by atoms with E-state index in [-0.39, 0.29) is 30.6 Å². The van der Waals surface area contributed by atoms with Crippen molar-refractivity contribution in [3.05, 3.63) is 12.2 Å². The van der Waals surface area contributed by atoms with Gasteiger partial charge < -0.3 is 14.2 Å². The first-order chi connectivity index (χ1) is 11.4. The number of fused-ring (bicyclic) bond motifs is 2. The zero-order chi connectivity index (χ0) is 17.4. The minimum Gasteiger partial charge on any atom is -0.463 e. The molecule has 0 aromatic heterocycles. The van der Waals surface area contributed by atoms with Gasteiger partial charge >= 0.3 is 11.9 Å². The van der Waals surface area contributed by atoms with Crippen LogP contribution in [-0.2, 0) is 23.8 Å². The van der Waals surface area contributed by atoms with Gasteiger partial charge in [-0.25, -0.2) is 4.79 Å². The molecule has 0 aromatic carbocycles. The van der Waals surface area contributed by atoms with Crippen molar-refractivity contribution in [2.75, 3.05) is 6.61 Å². The Kier molecular flexibility index (Phi) is 4.73. The van der Waals surface area contributed by atoms with Crippen LogP contribution in [0, 0.1) is 5.92 Å². The van der Waals surface area contributed by atoms with Crippen LogP contribution in [0.2, 0.25) is 0 Å². The molecule has 5 nitrogen and oxygen atoms in total. The van der Waals surface area contributed by atoms with Crippen LogP contribution in [0.4, 0.5) is 0 Å². The fraction of sp³-hybridized carbons (Fsp3) is 0.789. The molecule has 3 fully saturated rings. The molecule has 5 heteroatoms. The topological polar surface area (TPSA) is 61.8 Å². The van der Waals surface area contributed by atoms with Crippen molar-refractivity contribution in [3.8, 4) is 0 Å². The molecule has 3 atom stereocenters. The van der Waals surface area contributed by atoms with E-state index in [1.165, 1.54) is 13.3 Å². The molecule has 2 saturated heterocycles. The summed E-state index contributed by atoms with van der Waals surface area (Å²) in [5, 5.41) is 0. The molecule has 24 heavy (non-hydrogen) atoms. The third-order valence-corrected chi connectivity index (χ3v) is 5.92. The van der Waals surface area contributed by atoms with Crippen molar-refractivity contribution in [1.82, 2.24) is 0 Å². The molecule has 0 amide bonds. The van der Waals surface area contributed by atoms with Gasteiger partial charge in [0, 0.05) is 18.4 Å². The van der Waals surface area contributed by atoms with Crippen molar-refractivity contribution < 1.29 is 23.8 Å². The number of ether oxygens (including phenoxy) is 3. The fourth-order valence-electron chi connectivity index (χ4n) is 4.82. The largest absolute Gasteiger partial charge is 0.463 e. The summed E-state index contributed by atoms with van der Waals surface area (Å²) >= 11 is 0. The molecule has 0 N–H and O–H groups in total. The van der Waals surface area contributed by atoms with Crippen molar-refractivity contribution in [3.63, 3.8) is 0 Å². The highest BCUT2D eigenvalue weighted by Crippen LogP contribution is 2.56. The monoisotopic (exact) mass is 336 g/mol. The van der Waals surface area contributed by atoms with Crippen LogP contribution in [0.15, 0.2) is 12.2 Å². The minimum absolute atomic E-state index is 0.0895. The van der Waals surface area contributed by atoms with E-state index in [0.29, 0.717) is 5.57 Å². The minimum atomic E-state index is -0.510. The lowest BCUT2D eigenvalue weighted by molar-refractivity contribution is -0.185. The molecular formula is C19H28O5. The van der Waals surface area contributed by atoms with Gasteiger partial charge in [0.25, 0.3) is 0 Å². The summed E-state index contributed by atoms with van der Waals surface area (Å²) in [6.45, 7) is 7.09. The van der Waals surface area contributed by atoms with E-state index in [9.17, 15) is 9.59 Å². The maximum atomic E-state index is 12.3. The summed E-state index contributed by atoms with van der Waals surface area (Å²) in [4.78, 5) is 23.6. The molecule has 0 aromatic rings. The van der Waals surface area contributed by atoms with E-state index in [0.717, 1.165) is 44.9 Å². The van der Waals surface area contributed by atoms with E-state index < -0.39 is 11.2 Å². The molecule has 2 bridgehead atoms. The van der Waals surface area contributed by atoms with E-state index >= 15 is 0 Å². The summed E-state index contributed by atoms with van der Waals surface area (Å²) in [5.74, 6) is -0.521. The quantitative estimate of drug-likeness (QED) is 0.569. The van der Waals surface area contributed by atoms with Gasteiger partial charge in [-0.05, 0) is 51.9 Å². The van der Waals surface area contributed by atoms with E-state index in [2.05, 4.69) is 6.58 Å². The van der Waals surface area contributed by atoms with Crippen molar-refractivity contribution in [1.29, 1.82) is 0 Å². The Morgan fingerprint density at radius 1 is 1.17 bits per heavy atom. The Balaban J connectivity index is 1.87. The molecule has 3 rings (SSSR count). The van der Waals surface area contributed by atoms with E-state index in [1.54, 1.807) is 6.92 Å². The first kappa shape index (κ1) is 17.5. The van der Waals surface area contributed by atoms with Gasteiger partial charge in [0.05, 0.1) is 6.10 Å². The molecule has 2 aliphatic heterocycles. The van der Waals surface area contributed by atoms with Gasteiger partial charge in [0.1, 0.15) is 17.8 Å². The molecule has 3 unspecified atom stereocenters. The molecule has 134 valence electrons. The summed E-state index contributed by atoms with van der Waals surface area (Å²) in [7, 11) is 0. The number of esters is 2. The predicted molar refractivity (Wildman–Crippen MR) is 88.3 cm³/mol. The normalized spacial score (nSPS) is 33.9.